The van der Waals surface area contributed by atoms with Gasteiger partial charge in [-0.05, 0) is 44.9 Å². The van der Waals surface area contributed by atoms with E-state index in [0.717, 1.165) is 51.5 Å². The van der Waals surface area contributed by atoms with Crippen LogP contribution in [0.4, 0.5) is 0 Å². The summed E-state index contributed by atoms with van der Waals surface area (Å²) in [5.74, 6) is 1.46. The lowest BCUT2D eigenvalue weighted by molar-refractivity contribution is -0.136. The van der Waals surface area contributed by atoms with E-state index in [9.17, 15) is 9.59 Å². The molecule has 136 valence electrons. The molecule has 0 bridgehead atoms. The maximum absolute atomic E-state index is 12.9. The highest BCUT2D eigenvalue weighted by molar-refractivity contribution is 5.89. The van der Waals surface area contributed by atoms with Crippen molar-refractivity contribution < 1.29 is 14.3 Å². The first-order chi connectivity index (χ1) is 11.6. The largest absolute Gasteiger partial charge is 0.381 e. The van der Waals surface area contributed by atoms with Crippen molar-refractivity contribution in [3.8, 4) is 0 Å². The van der Waals surface area contributed by atoms with Crippen molar-refractivity contribution in [2.75, 3.05) is 32.8 Å². The van der Waals surface area contributed by atoms with Gasteiger partial charge in [0, 0.05) is 44.6 Å². The van der Waals surface area contributed by atoms with Crippen molar-refractivity contribution in [1.29, 1.82) is 0 Å². The Bertz CT molecular complexity index is 454. The summed E-state index contributed by atoms with van der Waals surface area (Å²) in [6, 6.07) is 0.366. The van der Waals surface area contributed by atoms with Gasteiger partial charge in [-0.25, -0.2) is 0 Å². The molecule has 0 unspecified atom stereocenters. The van der Waals surface area contributed by atoms with Gasteiger partial charge in [0.1, 0.15) is 0 Å². The molecule has 0 N–H and O–H groups in total. The zero-order valence-electron chi connectivity index (χ0n) is 15.2. The minimum Gasteiger partial charge on any atom is -0.381 e. The highest BCUT2D eigenvalue weighted by Crippen LogP contribution is 2.32. The number of amides is 2. The molecule has 3 rings (SSSR count). The summed E-state index contributed by atoms with van der Waals surface area (Å²) in [5.41, 5.74) is 0. The van der Waals surface area contributed by atoms with Crippen LogP contribution in [0, 0.1) is 17.8 Å². The molecular formula is C19H32N2O3. The smallest absolute Gasteiger partial charge is 0.227 e. The molecule has 2 atom stereocenters. The Hall–Kier alpha value is -1.10. The van der Waals surface area contributed by atoms with E-state index in [-0.39, 0.29) is 17.7 Å². The number of carbonyl (C=O) groups excluding carboxylic acids is 2. The molecule has 2 amide bonds. The predicted molar refractivity (Wildman–Crippen MR) is 92.4 cm³/mol. The van der Waals surface area contributed by atoms with Crippen molar-refractivity contribution >= 4 is 11.8 Å². The van der Waals surface area contributed by atoms with Gasteiger partial charge < -0.3 is 14.5 Å². The molecule has 0 radical (unpaired) electrons. The molecule has 0 aromatic carbocycles. The van der Waals surface area contributed by atoms with Crippen LogP contribution in [-0.4, -0.2) is 60.5 Å². The standard InChI is InChI=1S/C19H32N2O3/c1-3-20(11-15-8-9-24-13-15)19(23)16-10-18(22)21(12-16)17-6-4-14(2)5-7-17/h14-17H,3-13H2,1-2H3/t14?,15-,16+,17?/m0/s1. The summed E-state index contributed by atoms with van der Waals surface area (Å²) in [6.45, 7) is 8.03. The maximum Gasteiger partial charge on any atom is 0.227 e. The summed E-state index contributed by atoms with van der Waals surface area (Å²) < 4.78 is 5.43. The third kappa shape index (κ3) is 3.93. The predicted octanol–water partition coefficient (Wildman–Crippen LogP) is 2.30. The topological polar surface area (TPSA) is 49.9 Å². The summed E-state index contributed by atoms with van der Waals surface area (Å²) in [4.78, 5) is 29.3. The van der Waals surface area contributed by atoms with E-state index in [2.05, 4.69) is 6.92 Å². The Kier molecular flexibility index (Phi) is 5.80. The van der Waals surface area contributed by atoms with Gasteiger partial charge in [-0.1, -0.05) is 6.92 Å². The Morgan fingerprint density at radius 3 is 2.62 bits per heavy atom. The Morgan fingerprint density at radius 1 is 1.25 bits per heavy atom. The van der Waals surface area contributed by atoms with E-state index >= 15 is 0 Å². The second kappa shape index (κ2) is 7.85. The number of likely N-dealkylation sites (tertiary alicyclic amines) is 1. The zero-order valence-corrected chi connectivity index (χ0v) is 15.2. The molecule has 0 spiro atoms. The zero-order chi connectivity index (χ0) is 17.1. The molecule has 5 heteroatoms. The van der Waals surface area contributed by atoms with Crippen molar-refractivity contribution in [1.82, 2.24) is 9.80 Å². The third-order valence-electron chi connectivity index (χ3n) is 6.13. The summed E-state index contributed by atoms with van der Waals surface area (Å²) >= 11 is 0. The minimum absolute atomic E-state index is 0.140. The fourth-order valence-electron chi connectivity index (χ4n) is 4.48. The third-order valence-corrected chi connectivity index (χ3v) is 6.13. The quantitative estimate of drug-likeness (QED) is 0.774. The molecular weight excluding hydrogens is 304 g/mol. The van der Waals surface area contributed by atoms with Gasteiger partial charge in [0.2, 0.25) is 11.8 Å². The average molecular weight is 336 g/mol. The van der Waals surface area contributed by atoms with Gasteiger partial charge in [0.15, 0.2) is 0 Å². The number of hydrogen-bond donors (Lipinski definition) is 0. The molecule has 5 nitrogen and oxygen atoms in total. The molecule has 2 saturated heterocycles. The lowest BCUT2D eigenvalue weighted by Gasteiger charge is -2.34. The van der Waals surface area contributed by atoms with Crippen LogP contribution in [0.3, 0.4) is 0 Å². The van der Waals surface area contributed by atoms with Gasteiger partial charge >= 0.3 is 0 Å². The molecule has 2 heterocycles. The van der Waals surface area contributed by atoms with Crippen LogP contribution >= 0.6 is 0 Å². The van der Waals surface area contributed by atoms with Gasteiger partial charge in [0.05, 0.1) is 12.5 Å². The first kappa shape index (κ1) is 17.7. The monoisotopic (exact) mass is 336 g/mol. The fraction of sp³-hybridized carbons (Fsp3) is 0.895. The normalized spacial score (nSPS) is 33.9. The van der Waals surface area contributed by atoms with Crippen molar-refractivity contribution in [2.45, 2.75) is 58.4 Å². The van der Waals surface area contributed by atoms with Crippen molar-refractivity contribution in [3.05, 3.63) is 0 Å². The van der Waals surface area contributed by atoms with E-state index in [1.807, 2.05) is 16.7 Å². The number of nitrogens with zero attached hydrogens (tertiary/aromatic N) is 2. The van der Waals surface area contributed by atoms with Crippen molar-refractivity contribution in [2.24, 2.45) is 17.8 Å². The summed E-state index contributed by atoms with van der Waals surface area (Å²) in [6.07, 6.45) is 6.06. The SMILES string of the molecule is CCN(C[C@@H]1CCOC1)C(=O)[C@@H]1CC(=O)N(C2CCC(C)CC2)C1. The fourth-order valence-corrected chi connectivity index (χ4v) is 4.48. The molecule has 24 heavy (non-hydrogen) atoms. The molecule has 1 saturated carbocycles. The van der Waals surface area contributed by atoms with Crippen LogP contribution in [0.1, 0.15) is 52.4 Å². The Morgan fingerprint density at radius 2 is 2.00 bits per heavy atom. The number of hydrogen-bond acceptors (Lipinski definition) is 3. The minimum atomic E-state index is -0.140. The lowest BCUT2D eigenvalue weighted by atomic mass is 9.86. The average Bonchev–Trinajstić information content (AvgIpc) is 3.22. The molecule has 0 aromatic heterocycles. The Balaban J connectivity index is 1.56. The van der Waals surface area contributed by atoms with Gasteiger partial charge in [0.25, 0.3) is 0 Å². The second-order valence-electron chi connectivity index (χ2n) is 7.97. The number of carbonyl (C=O) groups is 2. The highest BCUT2D eigenvalue weighted by Gasteiger charge is 2.40. The van der Waals surface area contributed by atoms with E-state index in [0.29, 0.717) is 24.9 Å². The van der Waals surface area contributed by atoms with Crippen LogP contribution in [0.5, 0.6) is 0 Å². The van der Waals surface area contributed by atoms with Gasteiger partial charge in [-0.2, -0.15) is 0 Å². The van der Waals surface area contributed by atoms with Crippen LogP contribution in [0.25, 0.3) is 0 Å². The van der Waals surface area contributed by atoms with Gasteiger partial charge in [-0.15, -0.1) is 0 Å². The molecule has 1 aliphatic carbocycles. The lowest BCUT2D eigenvalue weighted by Crippen LogP contribution is -2.42. The van der Waals surface area contributed by atoms with E-state index in [1.54, 1.807) is 0 Å². The molecule has 3 fully saturated rings. The molecule has 3 aliphatic rings. The van der Waals surface area contributed by atoms with Crippen LogP contribution < -0.4 is 0 Å². The van der Waals surface area contributed by atoms with Crippen molar-refractivity contribution in [3.63, 3.8) is 0 Å². The molecule has 2 aliphatic heterocycles. The number of rotatable bonds is 5. The van der Waals surface area contributed by atoms with E-state index in [4.69, 9.17) is 4.74 Å². The number of ether oxygens (including phenoxy) is 1. The van der Waals surface area contributed by atoms with Crippen LogP contribution in [0.2, 0.25) is 0 Å². The van der Waals surface area contributed by atoms with E-state index in [1.165, 1.54) is 12.8 Å². The second-order valence-corrected chi connectivity index (χ2v) is 7.97. The summed E-state index contributed by atoms with van der Waals surface area (Å²) in [5, 5.41) is 0. The van der Waals surface area contributed by atoms with Crippen LogP contribution in [-0.2, 0) is 14.3 Å². The summed E-state index contributed by atoms with van der Waals surface area (Å²) in [7, 11) is 0. The highest BCUT2D eigenvalue weighted by atomic mass is 16.5. The Labute approximate surface area is 145 Å². The van der Waals surface area contributed by atoms with Crippen LogP contribution in [0.15, 0.2) is 0 Å². The maximum atomic E-state index is 12.9. The van der Waals surface area contributed by atoms with E-state index < -0.39 is 0 Å². The van der Waals surface area contributed by atoms with Gasteiger partial charge in [-0.3, -0.25) is 9.59 Å². The molecule has 0 aromatic rings. The first-order valence-electron chi connectivity index (χ1n) is 9.74. The first-order valence-corrected chi connectivity index (χ1v) is 9.74.